The Morgan fingerprint density at radius 1 is 0.912 bits per heavy atom. The van der Waals surface area contributed by atoms with E-state index in [1.165, 1.54) is 0 Å². The van der Waals surface area contributed by atoms with Crippen LogP contribution >= 0.6 is 0 Å². The number of nitrogens with zero attached hydrogens (tertiary/aromatic N) is 4. The average molecular weight is 453 g/mol. The molecule has 7 heteroatoms. The molecule has 0 aliphatic heterocycles. The number of hydrogen-bond donors (Lipinski definition) is 2. The van der Waals surface area contributed by atoms with Crippen LogP contribution < -0.4 is 4.74 Å². The van der Waals surface area contributed by atoms with Crippen molar-refractivity contribution in [2.45, 2.75) is 6.92 Å². The molecule has 0 aliphatic rings. The zero-order chi connectivity index (χ0) is 23.5. The van der Waals surface area contributed by atoms with Gasteiger partial charge < -0.3 is 14.9 Å². The maximum Gasteiger partial charge on any atom is 0.209 e. The maximum absolute atomic E-state index is 11.6. The summed E-state index contributed by atoms with van der Waals surface area (Å²) in [6.07, 6.45) is 0. The van der Waals surface area contributed by atoms with Gasteiger partial charge in [-0.2, -0.15) is 0 Å². The van der Waals surface area contributed by atoms with Crippen molar-refractivity contribution in [3.05, 3.63) is 90.0 Å². The van der Waals surface area contributed by atoms with Crippen molar-refractivity contribution < 1.29 is 14.9 Å². The molecule has 0 unspecified atom stereocenters. The fourth-order valence-corrected chi connectivity index (χ4v) is 4.03. The Hall–Kier alpha value is -4.23. The first-order valence-electron chi connectivity index (χ1n) is 11.2. The summed E-state index contributed by atoms with van der Waals surface area (Å²) >= 11 is 0. The van der Waals surface area contributed by atoms with E-state index in [0.29, 0.717) is 29.0 Å². The molecule has 3 aromatic carbocycles. The first-order valence-corrected chi connectivity index (χ1v) is 11.2. The molecule has 0 fully saturated rings. The fraction of sp³-hybridized carbons (Fsp3) is 0.148. The minimum Gasteiger partial charge on any atom is -0.494 e. The van der Waals surface area contributed by atoms with E-state index in [2.05, 4.69) is 4.99 Å². The molecule has 5 aromatic rings. The summed E-state index contributed by atoms with van der Waals surface area (Å²) in [5.74, 6) is 0.725. The largest absolute Gasteiger partial charge is 0.494 e. The SMILES string of the molecule is CCOc1ccc(-n2c(O)c(C(=NCCO)c3ccccc3)c3nc4ccccc4nc32)cc1. The van der Waals surface area contributed by atoms with E-state index < -0.39 is 0 Å². The van der Waals surface area contributed by atoms with Crippen molar-refractivity contribution in [1.82, 2.24) is 14.5 Å². The second-order valence-corrected chi connectivity index (χ2v) is 7.67. The Morgan fingerprint density at radius 3 is 2.26 bits per heavy atom. The minimum atomic E-state index is -0.108. The van der Waals surface area contributed by atoms with E-state index in [4.69, 9.17) is 14.7 Å². The van der Waals surface area contributed by atoms with Crippen LogP contribution in [0.3, 0.4) is 0 Å². The predicted octanol–water partition coefficient (Wildman–Crippen LogP) is 4.51. The number of aromatic hydroxyl groups is 1. The fourth-order valence-electron chi connectivity index (χ4n) is 4.03. The van der Waals surface area contributed by atoms with Gasteiger partial charge in [0.15, 0.2) is 5.65 Å². The second kappa shape index (κ2) is 9.33. The van der Waals surface area contributed by atoms with Crippen molar-refractivity contribution in [3.8, 4) is 17.3 Å². The third kappa shape index (κ3) is 3.86. The molecule has 0 atom stereocenters. The van der Waals surface area contributed by atoms with Gasteiger partial charge in [-0.05, 0) is 43.3 Å². The number of para-hydroxylation sites is 2. The van der Waals surface area contributed by atoms with Gasteiger partial charge in [0.25, 0.3) is 0 Å². The molecule has 0 saturated carbocycles. The third-order valence-electron chi connectivity index (χ3n) is 5.50. The van der Waals surface area contributed by atoms with Gasteiger partial charge in [0.05, 0.1) is 47.8 Å². The lowest BCUT2D eigenvalue weighted by molar-refractivity contribution is 0.307. The lowest BCUT2D eigenvalue weighted by atomic mass is 10.0. The van der Waals surface area contributed by atoms with E-state index in [1.54, 1.807) is 4.57 Å². The molecule has 170 valence electrons. The summed E-state index contributed by atoms with van der Waals surface area (Å²) in [7, 11) is 0. The Kier molecular flexibility index (Phi) is 5.93. The smallest absolute Gasteiger partial charge is 0.209 e. The zero-order valence-corrected chi connectivity index (χ0v) is 18.7. The summed E-state index contributed by atoms with van der Waals surface area (Å²) in [5, 5.41) is 21.1. The van der Waals surface area contributed by atoms with Gasteiger partial charge in [-0.3, -0.25) is 9.56 Å². The highest BCUT2D eigenvalue weighted by Gasteiger charge is 2.25. The van der Waals surface area contributed by atoms with E-state index >= 15 is 0 Å². The van der Waals surface area contributed by atoms with Crippen LogP contribution in [-0.2, 0) is 0 Å². The quantitative estimate of drug-likeness (QED) is 0.355. The van der Waals surface area contributed by atoms with Gasteiger partial charge in [0, 0.05) is 5.56 Å². The van der Waals surface area contributed by atoms with E-state index in [-0.39, 0.29) is 19.0 Å². The Morgan fingerprint density at radius 2 is 1.59 bits per heavy atom. The lowest BCUT2D eigenvalue weighted by Crippen LogP contribution is -2.06. The van der Waals surface area contributed by atoms with Crippen LogP contribution in [0.25, 0.3) is 27.9 Å². The summed E-state index contributed by atoms with van der Waals surface area (Å²) in [6.45, 7) is 2.59. The molecule has 34 heavy (non-hydrogen) atoms. The number of ether oxygens (including phenoxy) is 1. The Bertz CT molecular complexity index is 1480. The van der Waals surface area contributed by atoms with Crippen LogP contribution in [0.15, 0.2) is 83.9 Å². The van der Waals surface area contributed by atoms with E-state index in [0.717, 1.165) is 28.0 Å². The van der Waals surface area contributed by atoms with Crippen molar-refractivity contribution in [3.63, 3.8) is 0 Å². The summed E-state index contributed by atoms with van der Waals surface area (Å²) in [4.78, 5) is 14.4. The standard InChI is InChI=1S/C27H24N4O3/c1-2-34-20-14-12-19(13-15-20)31-26-25(29-21-10-6-7-11-22(21)30-26)23(27(31)33)24(28-16-17-32)18-8-4-3-5-9-18/h3-15,32-33H,2,16-17H2,1H3. The van der Waals surface area contributed by atoms with Crippen molar-refractivity contribution in [2.75, 3.05) is 19.8 Å². The lowest BCUT2D eigenvalue weighted by Gasteiger charge is -2.10. The molecule has 2 N–H and O–H groups in total. The van der Waals surface area contributed by atoms with Gasteiger partial charge in [0.2, 0.25) is 5.88 Å². The number of aromatic nitrogens is 3. The Labute approximate surface area is 196 Å². The number of aliphatic hydroxyl groups is 1. The molecule has 0 saturated heterocycles. The monoisotopic (exact) mass is 452 g/mol. The molecule has 2 heterocycles. The number of aliphatic imine (C=N–C) groups is 1. The van der Waals surface area contributed by atoms with Gasteiger partial charge in [-0.25, -0.2) is 9.97 Å². The topological polar surface area (TPSA) is 92.8 Å². The zero-order valence-electron chi connectivity index (χ0n) is 18.7. The molecular formula is C27H24N4O3. The highest BCUT2D eigenvalue weighted by molar-refractivity contribution is 6.20. The number of fused-ring (bicyclic) bond motifs is 2. The second-order valence-electron chi connectivity index (χ2n) is 7.67. The van der Waals surface area contributed by atoms with Crippen LogP contribution in [0.4, 0.5) is 0 Å². The molecule has 0 amide bonds. The third-order valence-corrected chi connectivity index (χ3v) is 5.50. The first-order chi connectivity index (χ1) is 16.7. The highest BCUT2D eigenvalue weighted by Crippen LogP contribution is 2.36. The molecular weight excluding hydrogens is 428 g/mol. The van der Waals surface area contributed by atoms with Crippen molar-refractivity contribution >= 4 is 27.9 Å². The summed E-state index contributed by atoms with van der Waals surface area (Å²) in [5.41, 5.74) is 5.04. The molecule has 7 nitrogen and oxygen atoms in total. The van der Waals surface area contributed by atoms with Crippen LogP contribution in [0.1, 0.15) is 18.1 Å². The van der Waals surface area contributed by atoms with Gasteiger partial charge in [-0.1, -0.05) is 42.5 Å². The van der Waals surface area contributed by atoms with E-state index in [1.807, 2.05) is 85.8 Å². The average Bonchev–Trinajstić information content (AvgIpc) is 3.15. The van der Waals surface area contributed by atoms with Crippen molar-refractivity contribution in [1.29, 1.82) is 0 Å². The predicted molar refractivity (Wildman–Crippen MR) is 133 cm³/mol. The van der Waals surface area contributed by atoms with E-state index in [9.17, 15) is 10.2 Å². The normalized spacial score (nSPS) is 11.9. The van der Waals surface area contributed by atoms with Crippen LogP contribution in [0, 0.1) is 0 Å². The van der Waals surface area contributed by atoms with Crippen LogP contribution in [-0.4, -0.2) is 50.2 Å². The van der Waals surface area contributed by atoms with Crippen LogP contribution in [0.5, 0.6) is 11.6 Å². The van der Waals surface area contributed by atoms with Gasteiger partial charge in [-0.15, -0.1) is 0 Å². The number of rotatable bonds is 7. The van der Waals surface area contributed by atoms with Gasteiger partial charge in [0.1, 0.15) is 11.3 Å². The Balaban J connectivity index is 1.82. The summed E-state index contributed by atoms with van der Waals surface area (Å²) < 4.78 is 7.25. The summed E-state index contributed by atoms with van der Waals surface area (Å²) in [6, 6.07) is 24.6. The van der Waals surface area contributed by atoms with Crippen molar-refractivity contribution in [2.24, 2.45) is 4.99 Å². The maximum atomic E-state index is 11.6. The molecule has 5 rings (SSSR count). The molecule has 0 aliphatic carbocycles. The molecule has 0 spiro atoms. The van der Waals surface area contributed by atoms with Crippen LogP contribution in [0.2, 0.25) is 0 Å². The first kappa shape index (κ1) is 21.6. The molecule has 0 radical (unpaired) electrons. The number of benzene rings is 3. The molecule has 0 bridgehead atoms. The number of aliphatic hydroxyl groups excluding tert-OH is 1. The van der Waals surface area contributed by atoms with Gasteiger partial charge >= 0.3 is 0 Å². The minimum absolute atomic E-state index is 0.0185. The highest BCUT2D eigenvalue weighted by atomic mass is 16.5. The number of hydrogen-bond acceptors (Lipinski definition) is 6. The molecule has 2 aromatic heterocycles.